The van der Waals surface area contributed by atoms with Crippen molar-refractivity contribution < 1.29 is 14.3 Å². The molecule has 0 bridgehead atoms. The normalized spacial score (nSPS) is 27.2. The van der Waals surface area contributed by atoms with E-state index in [1.165, 1.54) is 12.8 Å². The summed E-state index contributed by atoms with van der Waals surface area (Å²) in [7, 11) is 0. The lowest BCUT2D eigenvalue weighted by Gasteiger charge is -2.38. The minimum Gasteiger partial charge on any atom is -0.490 e. The summed E-state index contributed by atoms with van der Waals surface area (Å²) in [4.78, 5) is 29.6. The summed E-state index contributed by atoms with van der Waals surface area (Å²) in [5, 5.41) is 3.89. The molecule has 30 heavy (non-hydrogen) atoms. The molecule has 1 saturated heterocycles. The maximum absolute atomic E-state index is 13.2. The Morgan fingerprint density at radius 1 is 1.10 bits per heavy atom. The number of likely N-dealkylation sites (tertiary alicyclic amines) is 1. The molecule has 1 N–H and O–H groups in total. The zero-order valence-electron chi connectivity index (χ0n) is 17.9. The van der Waals surface area contributed by atoms with Crippen molar-refractivity contribution in [3.63, 3.8) is 0 Å². The molecule has 1 saturated carbocycles. The molecular weight excluding hydrogens is 402 g/mol. The molecule has 1 aromatic rings. The molecule has 7 heteroatoms. The Balaban J connectivity index is 1.33. The van der Waals surface area contributed by atoms with E-state index < -0.39 is 0 Å². The third kappa shape index (κ3) is 4.39. The molecule has 6 nitrogen and oxygen atoms in total. The Hall–Kier alpha value is -1.95. The number of piperidine rings is 1. The number of fused-ring (bicyclic) bond motifs is 1. The topological polar surface area (TPSA) is 61.9 Å². The molecule has 3 aliphatic rings. The summed E-state index contributed by atoms with van der Waals surface area (Å²) < 4.78 is 5.66. The van der Waals surface area contributed by atoms with Gasteiger partial charge in [-0.3, -0.25) is 9.69 Å². The third-order valence-corrected chi connectivity index (χ3v) is 7.42. The van der Waals surface area contributed by atoms with Crippen LogP contribution in [0.3, 0.4) is 0 Å². The van der Waals surface area contributed by atoms with E-state index in [1.54, 1.807) is 23.1 Å². The highest BCUT2D eigenvalue weighted by Gasteiger charge is 2.34. The van der Waals surface area contributed by atoms with Crippen LogP contribution in [0.2, 0.25) is 5.02 Å². The monoisotopic (exact) mass is 433 g/mol. The quantitative estimate of drug-likeness (QED) is 0.755. The van der Waals surface area contributed by atoms with Crippen LogP contribution in [0.25, 0.3) is 0 Å². The van der Waals surface area contributed by atoms with Gasteiger partial charge in [0.25, 0.3) is 0 Å². The minimum atomic E-state index is -0.0320. The first-order valence-electron chi connectivity index (χ1n) is 11.2. The Morgan fingerprint density at radius 2 is 1.87 bits per heavy atom. The summed E-state index contributed by atoms with van der Waals surface area (Å²) in [6.07, 6.45) is 4.94. The first-order valence-corrected chi connectivity index (χ1v) is 11.6. The largest absolute Gasteiger partial charge is 0.490 e. The lowest BCUT2D eigenvalue weighted by molar-refractivity contribution is -0.127. The number of halogens is 1. The summed E-state index contributed by atoms with van der Waals surface area (Å²) >= 11 is 6.13. The number of nitrogens with zero attached hydrogens (tertiary/aromatic N) is 2. The van der Waals surface area contributed by atoms with Crippen LogP contribution >= 0.6 is 11.6 Å². The number of urea groups is 1. The highest BCUT2D eigenvalue weighted by Crippen LogP contribution is 2.35. The predicted octanol–water partition coefficient (Wildman–Crippen LogP) is 4.31. The Bertz CT molecular complexity index is 794. The van der Waals surface area contributed by atoms with E-state index in [0.29, 0.717) is 61.7 Å². The molecule has 0 spiro atoms. The van der Waals surface area contributed by atoms with Crippen LogP contribution in [0.4, 0.5) is 10.5 Å². The van der Waals surface area contributed by atoms with E-state index in [9.17, 15) is 9.59 Å². The van der Waals surface area contributed by atoms with Gasteiger partial charge in [0.2, 0.25) is 5.91 Å². The van der Waals surface area contributed by atoms with Gasteiger partial charge in [-0.25, -0.2) is 4.79 Å². The van der Waals surface area contributed by atoms with Gasteiger partial charge in [0.05, 0.1) is 12.2 Å². The molecular formula is C23H32ClN3O3. The molecule has 0 radical (unpaired) electrons. The zero-order chi connectivity index (χ0) is 21.3. The van der Waals surface area contributed by atoms with Gasteiger partial charge in [-0.2, -0.15) is 0 Å². The van der Waals surface area contributed by atoms with Crippen LogP contribution in [-0.2, 0) is 4.79 Å². The van der Waals surface area contributed by atoms with Crippen molar-refractivity contribution >= 4 is 29.2 Å². The first-order chi connectivity index (χ1) is 14.4. The van der Waals surface area contributed by atoms with Crippen LogP contribution in [0.1, 0.15) is 46.0 Å². The Kier molecular flexibility index (Phi) is 6.42. The predicted molar refractivity (Wildman–Crippen MR) is 118 cm³/mol. The molecule has 0 unspecified atom stereocenters. The average Bonchev–Trinajstić information content (AvgIpc) is 2.76. The summed E-state index contributed by atoms with van der Waals surface area (Å²) in [5.74, 6) is 2.02. The van der Waals surface area contributed by atoms with E-state index in [2.05, 4.69) is 19.2 Å². The van der Waals surface area contributed by atoms with Crippen molar-refractivity contribution in [2.45, 2.75) is 52.0 Å². The fraction of sp³-hybridized carbons (Fsp3) is 0.652. The lowest BCUT2D eigenvalue weighted by atomic mass is 9.78. The molecule has 3 amide bonds. The molecule has 4 rings (SSSR count). The van der Waals surface area contributed by atoms with Crippen LogP contribution < -0.4 is 15.0 Å². The van der Waals surface area contributed by atoms with E-state index in [-0.39, 0.29) is 23.9 Å². The fourth-order valence-electron chi connectivity index (χ4n) is 4.98. The van der Waals surface area contributed by atoms with Crippen LogP contribution in [0, 0.1) is 17.8 Å². The van der Waals surface area contributed by atoms with Crippen molar-refractivity contribution in [2.75, 3.05) is 31.1 Å². The lowest BCUT2D eigenvalue weighted by Crippen LogP contribution is -2.52. The highest BCUT2D eigenvalue weighted by molar-refractivity contribution is 6.31. The number of benzene rings is 1. The number of rotatable bonds is 2. The van der Waals surface area contributed by atoms with Crippen LogP contribution in [-0.4, -0.2) is 49.1 Å². The van der Waals surface area contributed by atoms with Crippen molar-refractivity contribution in [1.29, 1.82) is 0 Å². The van der Waals surface area contributed by atoms with Crippen LogP contribution in [0.5, 0.6) is 5.75 Å². The van der Waals surface area contributed by atoms with Crippen molar-refractivity contribution in [1.82, 2.24) is 10.2 Å². The molecule has 2 fully saturated rings. The van der Waals surface area contributed by atoms with Crippen LogP contribution in [0.15, 0.2) is 18.2 Å². The van der Waals surface area contributed by atoms with Gasteiger partial charge in [0.15, 0.2) is 0 Å². The second-order valence-corrected chi connectivity index (χ2v) is 9.47. The van der Waals surface area contributed by atoms with Gasteiger partial charge in [0, 0.05) is 30.1 Å². The van der Waals surface area contributed by atoms with Gasteiger partial charge in [0.1, 0.15) is 12.4 Å². The molecule has 2 aliphatic heterocycles. The third-order valence-electron chi connectivity index (χ3n) is 7.19. The summed E-state index contributed by atoms with van der Waals surface area (Å²) in [6.45, 7) is 6.70. The number of hydrogen-bond donors (Lipinski definition) is 1. The maximum atomic E-state index is 13.2. The zero-order valence-corrected chi connectivity index (χ0v) is 18.7. The first kappa shape index (κ1) is 21.3. The summed E-state index contributed by atoms with van der Waals surface area (Å²) in [6, 6.07) is 5.61. The number of hydrogen-bond acceptors (Lipinski definition) is 3. The Labute approximate surface area is 183 Å². The molecule has 2 heterocycles. The molecule has 1 aliphatic carbocycles. The van der Waals surface area contributed by atoms with Gasteiger partial charge < -0.3 is 15.0 Å². The molecule has 164 valence electrons. The second-order valence-electron chi connectivity index (χ2n) is 9.04. The van der Waals surface area contributed by atoms with E-state index in [0.717, 1.165) is 12.1 Å². The average molecular weight is 434 g/mol. The van der Waals surface area contributed by atoms with E-state index >= 15 is 0 Å². The summed E-state index contributed by atoms with van der Waals surface area (Å²) in [5.41, 5.74) is 0.721. The fourth-order valence-corrected chi connectivity index (χ4v) is 5.15. The van der Waals surface area contributed by atoms with Gasteiger partial charge in [-0.1, -0.05) is 38.3 Å². The smallest absolute Gasteiger partial charge is 0.324 e. The van der Waals surface area contributed by atoms with Crippen molar-refractivity contribution in [2.24, 2.45) is 17.8 Å². The number of amides is 3. The van der Waals surface area contributed by atoms with Crippen molar-refractivity contribution in [3.05, 3.63) is 23.2 Å². The van der Waals surface area contributed by atoms with Crippen molar-refractivity contribution in [3.8, 4) is 5.75 Å². The number of carbonyl (C=O) groups excluding carboxylic acids is 2. The number of carbonyl (C=O) groups is 2. The molecule has 0 aromatic heterocycles. The van der Waals surface area contributed by atoms with Gasteiger partial charge in [-0.05, 0) is 49.3 Å². The standard InChI is InChI=1S/C23H32ClN3O3/c1-15-4-3-5-19(16(15)2)25-22(28)17-8-10-26(11-9-17)23(29)27-12-13-30-21-7-6-18(24)14-20(21)27/h6-7,14-17,19H,3-5,8-13H2,1-2H3,(H,25,28)/t15-,16+,19-/m1/s1. The molecule has 1 aromatic carbocycles. The number of nitrogens with one attached hydrogen (secondary N) is 1. The highest BCUT2D eigenvalue weighted by atomic mass is 35.5. The number of ether oxygens (including phenoxy) is 1. The second kappa shape index (κ2) is 9.04. The van der Waals surface area contributed by atoms with Gasteiger partial charge in [-0.15, -0.1) is 0 Å². The van der Waals surface area contributed by atoms with E-state index in [4.69, 9.17) is 16.3 Å². The number of anilines is 1. The Morgan fingerprint density at radius 3 is 2.63 bits per heavy atom. The minimum absolute atomic E-state index is 0.00935. The van der Waals surface area contributed by atoms with E-state index in [1.807, 2.05) is 4.90 Å². The molecule has 3 atom stereocenters. The maximum Gasteiger partial charge on any atom is 0.324 e. The SMILES string of the molecule is C[C@H]1[C@H](C)CCC[C@H]1NC(=O)C1CCN(C(=O)N2CCOc3ccc(Cl)cc32)CC1. The van der Waals surface area contributed by atoms with Gasteiger partial charge >= 0.3 is 6.03 Å².